The van der Waals surface area contributed by atoms with Crippen LogP contribution < -0.4 is 5.32 Å². The molecular weight excluding hydrogens is 288 g/mol. The smallest absolute Gasteiger partial charge is 0.253 e. The van der Waals surface area contributed by atoms with Crippen LogP contribution in [0.3, 0.4) is 0 Å². The molecule has 2 heterocycles. The third kappa shape index (κ3) is 3.84. The summed E-state index contributed by atoms with van der Waals surface area (Å²) in [5, 5.41) is 7.27. The second kappa shape index (κ2) is 6.60. The fourth-order valence-electron chi connectivity index (χ4n) is 3.03. The van der Waals surface area contributed by atoms with Crippen molar-refractivity contribution in [3.05, 3.63) is 41.5 Å². The lowest BCUT2D eigenvalue weighted by atomic mass is 10.1. The van der Waals surface area contributed by atoms with Gasteiger partial charge in [0.25, 0.3) is 5.91 Å². The van der Waals surface area contributed by atoms with E-state index in [4.69, 9.17) is 0 Å². The Kier molecular flexibility index (Phi) is 4.55. The van der Waals surface area contributed by atoms with Crippen molar-refractivity contribution in [2.45, 2.75) is 46.7 Å². The predicted molar refractivity (Wildman–Crippen MR) is 90.4 cm³/mol. The van der Waals surface area contributed by atoms with Gasteiger partial charge in [0.1, 0.15) is 0 Å². The fourth-order valence-corrected chi connectivity index (χ4v) is 3.03. The van der Waals surface area contributed by atoms with E-state index in [1.165, 1.54) is 18.5 Å². The van der Waals surface area contributed by atoms with Gasteiger partial charge in [-0.25, -0.2) is 0 Å². The monoisotopic (exact) mass is 314 g/mol. The zero-order valence-electron chi connectivity index (χ0n) is 14.2. The molecule has 1 aliphatic carbocycles. The molecule has 0 bridgehead atoms. The Bertz CT molecular complexity index is 668. The van der Waals surface area contributed by atoms with E-state index < -0.39 is 0 Å². The quantitative estimate of drug-likeness (QED) is 0.854. The number of nitrogens with zero attached hydrogens (tertiary/aromatic N) is 3. The molecule has 1 saturated carbocycles. The lowest BCUT2D eigenvalue weighted by Crippen LogP contribution is -2.30. The van der Waals surface area contributed by atoms with E-state index in [-0.39, 0.29) is 5.91 Å². The third-order valence-electron chi connectivity index (χ3n) is 4.62. The molecule has 0 aliphatic heterocycles. The minimum absolute atomic E-state index is 0.0347. The number of hydrogen-bond donors (Lipinski definition) is 1. The third-order valence-corrected chi connectivity index (χ3v) is 4.62. The molecule has 2 aromatic rings. The molecule has 2 aromatic heterocycles. The molecule has 0 aromatic carbocycles. The van der Waals surface area contributed by atoms with Gasteiger partial charge in [0.2, 0.25) is 0 Å². The van der Waals surface area contributed by atoms with Crippen molar-refractivity contribution in [3.63, 3.8) is 0 Å². The molecule has 5 nitrogen and oxygen atoms in total. The van der Waals surface area contributed by atoms with Crippen LogP contribution >= 0.6 is 0 Å². The normalized spacial score (nSPS) is 15.6. The van der Waals surface area contributed by atoms with Crippen molar-refractivity contribution in [1.29, 1.82) is 0 Å². The van der Waals surface area contributed by atoms with Crippen LogP contribution in [0.1, 0.15) is 41.5 Å². The van der Waals surface area contributed by atoms with Crippen LogP contribution in [0.25, 0.3) is 0 Å². The first kappa shape index (κ1) is 15.8. The molecule has 0 saturated heterocycles. The average Bonchev–Trinajstić information content (AvgIpc) is 3.13. The van der Waals surface area contributed by atoms with Crippen LogP contribution in [-0.2, 0) is 13.1 Å². The summed E-state index contributed by atoms with van der Waals surface area (Å²) >= 11 is 0. The van der Waals surface area contributed by atoms with Gasteiger partial charge in [-0.15, -0.1) is 0 Å². The molecule has 124 valence electrons. The minimum Gasteiger partial charge on any atom is -0.352 e. The lowest BCUT2D eigenvalue weighted by Gasteiger charge is -2.13. The minimum atomic E-state index is 0.0347. The molecule has 1 unspecified atom stereocenters. The van der Waals surface area contributed by atoms with E-state index >= 15 is 0 Å². The Morgan fingerprint density at radius 2 is 2.22 bits per heavy atom. The van der Waals surface area contributed by atoms with E-state index in [1.54, 1.807) is 6.20 Å². The van der Waals surface area contributed by atoms with Gasteiger partial charge in [0.05, 0.1) is 5.56 Å². The Balaban J connectivity index is 1.57. The van der Waals surface area contributed by atoms with Crippen molar-refractivity contribution < 1.29 is 4.79 Å². The summed E-state index contributed by atoms with van der Waals surface area (Å²) < 4.78 is 4.19. The van der Waals surface area contributed by atoms with Crippen LogP contribution in [0.2, 0.25) is 0 Å². The Morgan fingerprint density at radius 1 is 1.43 bits per heavy atom. The SMILES string of the molecule is Cc1cc(C(=O)NCC(C)Cn2cccn2)c(C)n1CC1CC1. The van der Waals surface area contributed by atoms with Crippen molar-refractivity contribution in [3.8, 4) is 0 Å². The summed E-state index contributed by atoms with van der Waals surface area (Å²) in [4.78, 5) is 12.5. The molecular formula is C18H26N4O. The molecule has 5 heteroatoms. The molecule has 3 rings (SSSR count). The zero-order valence-corrected chi connectivity index (χ0v) is 14.2. The van der Waals surface area contributed by atoms with Crippen LogP contribution in [0.5, 0.6) is 0 Å². The fraction of sp³-hybridized carbons (Fsp3) is 0.556. The molecule has 1 aliphatic rings. The van der Waals surface area contributed by atoms with E-state index in [1.807, 2.05) is 23.0 Å². The number of aromatic nitrogens is 3. The number of hydrogen-bond acceptors (Lipinski definition) is 2. The maximum absolute atomic E-state index is 12.5. The van der Waals surface area contributed by atoms with Crippen LogP contribution in [0.15, 0.2) is 24.5 Å². The predicted octanol–water partition coefficient (Wildman–Crippen LogP) is 2.78. The van der Waals surface area contributed by atoms with Gasteiger partial charge in [-0.1, -0.05) is 6.92 Å². The van der Waals surface area contributed by atoms with E-state index in [2.05, 4.69) is 35.8 Å². The highest BCUT2D eigenvalue weighted by Crippen LogP contribution is 2.32. The summed E-state index contributed by atoms with van der Waals surface area (Å²) in [7, 11) is 0. The second-order valence-corrected chi connectivity index (χ2v) is 6.88. The van der Waals surface area contributed by atoms with Gasteiger partial charge in [0.15, 0.2) is 0 Å². The molecule has 23 heavy (non-hydrogen) atoms. The van der Waals surface area contributed by atoms with Crippen LogP contribution in [-0.4, -0.2) is 26.8 Å². The lowest BCUT2D eigenvalue weighted by molar-refractivity contribution is 0.0946. The summed E-state index contributed by atoms with van der Waals surface area (Å²) in [5.74, 6) is 1.19. The Morgan fingerprint density at radius 3 is 2.87 bits per heavy atom. The molecule has 1 amide bonds. The van der Waals surface area contributed by atoms with Crippen LogP contribution in [0.4, 0.5) is 0 Å². The first-order valence-corrected chi connectivity index (χ1v) is 8.47. The van der Waals surface area contributed by atoms with E-state index in [0.717, 1.165) is 30.3 Å². The first-order chi connectivity index (χ1) is 11.0. The highest BCUT2D eigenvalue weighted by molar-refractivity contribution is 5.95. The maximum Gasteiger partial charge on any atom is 0.253 e. The highest BCUT2D eigenvalue weighted by atomic mass is 16.1. The number of carbonyl (C=O) groups excluding carboxylic acids is 1. The largest absolute Gasteiger partial charge is 0.352 e. The van der Waals surface area contributed by atoms with Gasteiger partial charge in [0, 0.05) is 43.4 Å². The molecule has 1 fully saturated rings. The zero-order chi connectivity index (χ0) is 16.4. The summed E-state index contributed by atoms with van der Waals surface area (Å²) in [6, 6.07) is 3.94. The van der Waals surface area contributed by atoms with Crippen molar-refractivity contribution in [1.82, 2.24) is 19.7 Å². The van der Waals surface area contributed by atoms with Gasteiger partial charge < -0.3 is 9.88 Å². The van der Waals surface area contributed by atoms with Gasteiger partial charge in [-0.3, -0.25) is 9.48 Å². The molecule has 1 atom stereocenters. The number of rotatable bonds is 7. The summed E-state index contributed by atoms with van der Waals surface area (Å²) in [5.41, 5.74) is 3.09. The standard InChI is InChI=1S/C18H26N4O/c1-13(11-21-8-4-7-20-21)10-19-18(23)17-9-14(2)22(15(17)3)12-16-5-6-16/h4,7-9,13,16H,5-6,10-12H2,1-3H3,(H,19,23). The van der Waals surface area contributed by atoms with E-state index in [9.17, 15) is 4.79 Å². The van der Waals surface area contributed by atoms with Gasteiger partial charge in [-0.05, 0) is 50.7 Å². The molecule has 0 spiro atoms. The van der Waals surface area contributed by atoms with Gasteiger partial charge >= 0.3 is 0 Å². The molecule has 0 radical (unpaired) electrons. The van der Waals surface area contributed by atoms with Crippen molar-refractivity contribution in [2.24, 2.45) is 11.8 Å². The number of amides is 1. The molecule has 1 N–H and O–H groups in total. The second-order valence-electron chi connectivity index (χ2n) is 6.88. The van der Waals surface area contributed by atoms with E-state index in [0.29, 0.717) is 12.5 Å². The van der Waals surface area contributed by atoms with Crippen molar-refractivity contribution in [2.75, 3.05) is 6.54 Å². The summed E-state index contributed by atoms with van der Waals surface area (Å²) in [6.45, 7) is 8.79. The van der Waals surface area contributed by atoms with Crippen molar-refractivity contribution >= 4 is 5.91 Å². The number of aryl methyl sites for hydroxylation is 1. The summed E-state index contributed by atoms with van der Waals surface area (Å²) in [6.07, 6.45) is 6.37. The van der Waals surface area contributed by atoms with Gasteiger partial charge in [-0.2, -0.15) is 5.10 Å². The average molecular weight is 314 g/mol. The van der Waals surface area contributed by atoms with Crippen LogP contribution in [0, 0.1) is 25.7 Å². The Labute approximate surface area is 137 Å². The topological polar surface area (TPSA) is 51.9 Å². The first-order valence-electron chi connectivity index (χ1n) is 8.47. The highest BCUT2D eigenvalue weighted by Gasteiger charge is 2.24. The number of carbonyl (C=O) groups is 1. The number of nitrogens with one attached hydrogen (secondary N) is 1. The maximum atomic E-state index is 12.5. The Hall–Kier alpha value is -2.04.